The molecule has 4 heteroatoms. The van der Waals surface area contributed by atoms with Crippen LogP contribution in [0.3, 0.4) is 0 Å². The summed E-state index contributed by atoms with van der Waals surface area (Å²) in [5.41, 5.74) is 14.2. The van der Waals surface area contributed by atoms with Gasteiger partial charge >= 0.3 is 0 Å². The molecular weight excluding hydrogens is 228 g/mol. The van der Waals surface area contributed by atoms with Crippen LogP contribution in [-0.2, 0) is 0 Å². The fourth-order valence-electron chi connectivity index (χ4n) is 2.59. The van der Waals surface area contributed by atoms with Crippen molar-refractivity contribution in [2.75, 3.05) is 14.2 Å². The van der Waals surface area contributed by atoms with Crippen LogP contribution in [0.25, 0.3) is 0 Å². The molecule has 0 aliphatic heterocycles. The zero-order valence-corrected chi connectivity index (χ0v) is 11.3. The van der Waals surface area contributed by atoms with Crippen molar-refractivity contribution in [3.63, 3.8) is 0 Å². The molecule has 100 valence electrons. The molecule has 0 saturated heterocycles. The second-order valence-electron chi connectivity index (χ2n) is 5.08. The first-order valence-corrected chi connectivity index (χ1v) is 6.30. The normalized spacial score (nSPS) is 24.3. The third kappa shape index (κ3) is 2.31. The first kappa shape index (κ1) is 13.2. The number of rotatable bonds is 4. The highest BCUT2D eigenvalue weighted by Gasteiger charge is 2.33. The molecule has 1 atom stereocenters. The Morgan fingerprint density at radius 2 is 1.78 bits per heavy atom. The van der Waals surface area contributed by atoms with Crippen LogP contribution in [0.15, 0.2) is 12.1 Å². The monoisotopic (exact) mass is 250 g/mol. The van der Waals surface area contributed by atoms with E-state index in [-0.39, 0.29) is 6.04 Å². The Morgan fingerprint density at radius 3 is 2.28 bits per heavy atom. The predicted molar refractivity (Wildman–Crippen MR) is 71.9 cm³/mol. The maximum Gasteiger partial charge on any atom is 0.124 e. The van der Waals surface area contributed by atoms with Gasteiger partial charge in [-0.2, -0.15) is 0 Å². The summed E-state index contributed by atoms with van der Waals surface area (Å²) >= 11 is 0. The minimum absolute atomic E-state index is 0.0331. The van der Waals surface area contributed by atoms with Crippen molar-refractivity contribution in [1.82, 2.24) is 0 Å². The fraction of sp³-hybridized carbons (Fsp3) is 0.571. The van der Waals surface area contributed by atoms with Gasteiger partial charge in [0.25, 0.3) is 0 Å². The van der Waals surface area contributed by atoms with Crippen molar-refractivity contribution in [2.24, 2.45) is 17.4 Å². The van der Waals surface area contributed by atoms with Gasteiger partial charge in [0.1, 0.15) is 11.5 Å². The van der Waals surface area contributed by atoms with E-state index in [2.05, 4.69) is 0 Å². The predicted octanol–water partition coefficient (Wildman–Crippen LogP) is 1.75. The average molecular weight is 250 g/mol. The van der Waals surface area contributed by atoms with Gasteiger partial charge in [0.05, 0.1) is 14.2 Å². The van der Waals surface area contributed by atoms with E-state index in [9.17, 15) is 0 Å². The smallest absolute Gasteiger partial charge is 0.124 e. The van der Waals surface area contributed by atoms with Gasteiger partial charge in [-0.1, -0.05) is 0 Å². The van der Waals surface area contributed by atoms with E-state index in [0.717, 1.165) is 35.5 Å². The molecule has 1 fully saturated rings. The summed E-state index contributed by atoms with van der Waals surface area (Å²) in [7, 11) is 3.34. The highest BCUT2D eigenvalue weighted by atomic mass is 16.5. The number of hydrogen-bond donors (Lipinski definition) is 2. The maximum atomic E-state index is 6.32. The number of ether oxygens (including phenoxy) is 2. The summed E-state index contributed by atoms with van der Waals surface area (Å²) in [5, 5.41) is 0. The molecule has 1 aromatic carbocycles. The van der Waals surface area contributed by atoms with Crippen molar-refractivity contribution in [3.05, 3.63) is 23.3 Å². The van der Waals surface area contributed by atoms with Crippen molar-refractivity contribution in [1.29, 1.82) is 0 Å². The van der Waals surface area contributed by atoms with E-state index in [4.69, 9.17) is 20.9 Å². The Bertz CT molecular complexity index is 428. The number of methoxy groups -OCH3 is 2. The number of benzene rings is 1. The lowest BCUT2D eigenvalue weighted by atomic mass is 9.74. The first-order valence-electron chi connectivity index (χ1n) is 6.30. The van der Waals surface area contributed by atoms with Gasteiger partial charge in [-0.05, 0) is 43.4 Å². The van der Waals surface area contributed by atoms with Gasteiger partial charge in [0.15, 0.2) is 0 Å². The lowest BCUT2D eigenvalue weighted by Crippen LogP contribution is -2.41. The third-order valence-corrected chi connectivity index (χ3v) is 3.83. The van der Waals surface area contributed by atoms with Crippen LogP contribution in [0.2, 0.25) is 0 Å². The molecule has 0 spiro atoms. The zero-order chi connectivity index (χ0) is 13.3. The summed E-state index contributed by atoms with van der Waals surface area (Å²) in [6.45, 7) is 2.00. The molecule has 1 aliphatic rings. The number of nitrogens with two attached hydrogens (primary N) is 2. The minimum atomic E-state index is -0.0331. The van der Waals surface area contributed by atoms with Crippen LogP contribution in [0, 0.1) is 12.8 Å². The molecule has 2 rings (SSSR count). The topological polar surface area (TPSA) is 70.5 Å². The van der Waals surface area contributed by atoms with Crippen LogP contribution in [-0.4, -0.2) is 20.3 Å². The first-order chi connectivity index (χ1) is 8.56. The van der Waals surface area contributed by atoms with Crippen LogP contribution >= 0.6 is 0 Å². The van der Waals surface area contributed by atoms with E-state index in [1.54, 1.807) is 14.2 Å². The molecule has 4 N–H and O–H groups in total. The molecule has 0 amide bonds. The highest BCUT2D eigenvalue weighted by Crippen LogP contribution is 2.40. The number of hydrogen-bond acceptors (Lipinski definition) is 4. The Hall–Kier alpha value is -1.26. The second-order valence-corrected chi connectivity index (χ2v) is 5.08. The molecule has 0 aromatic heterocycles. The molecule has 1 aromatic rings. The third-order valence-electron chi connectivity index (χ3n) is 3.83. The van der Waals surface area contributed by atoms with Crippen molar-refractivity contribution < 1.29 is 9.47 Å². The van der Waals surface area contributed by atoms with Crippen LogP contribution in [0.5, 0.6) is 11.5 Å². The highest BCUT2D eigenvalue weighted by molar-refractivity contribution is 5.47. The van der Waals surface area contributed by atoms with Crippen molar-refractivity contribution in [2.45, 2.75) is 31.8 Å². The van der Waals surface area contributed by atoms with Crippen LogP contribution in [0.4, 0.5) is 0 Å². The summed E-state index contributed by atoms with van der Waals surface area (Å²) in [6.07, 6.45) is 1.97. The van der Waals surface area contributed by atoms with E-state index in [1.807, 2.05) is 19.1 Å². The Kier molecular flexibility index (Phi) is 3.78. The summed E-state index contributed by atoms with van der Waals surface area (Å²) in [5.74, 6) is 2.13. The Balaban J connectivity index is 2.29. The van der Waals surface area contributed by atoms with Gasteiger partial charge in [0, 0.05) is 17.6 Å². The maximum absolute atomic E-state index is 6.32. The Labute approximate surface area is 108 Å². The minimum Gasteiger partial charge on any atom is -0.496 e. The van der Waals surface area contributed by atoms with E-state index < -0.39 is 0 Å². The molecule has 4 nitrogen and oxygen atoms in total. The molecule has 18 heavy (non-hydrogen) atoms. The second kappa shape index (κ2) is 5.16. The van der Waals surface area contributed by atoms with Crippen molar-refractivity contribution >= 4 is 0 Å². The molecule has 0 heterocycles. The van der Waals surface area contributed by atoms with Gasteiger partial charge in [-0.3, -0.25) is 0 Å². The summed E-state index contributed by atoms with van der Waals surface area (Å²) in [4.78, 5) is 0. The molecule has 0 radical (unpaired) electrons. The number of aryl methyl sites for hydroxylation is 1. The van der Waals surface area contributed by atoms with Crippen LogP contribution in [0.1, 0.15) is 30.0 Å². The molecule has 1 aliphatic carbocycles. The SMILES string of the molecule is COc1cc(C(N)C2CC(N)C2)c(OC)cc1C. The molecule has 0 bridgehead atoms. The van der Waals surface area contributed by atoms with Gasteiger partial charge in [-0.15, -0.1) is 0 Å². The van der Waals surface area contributed by atoms with E-state index in [1.165, 1.54) is 0 Å². The fourth-order valence-corrected chi connectivity index (χ4v) is 2.59. The van der Waals surface area contributed by atoms with E-state index in [0.29, 0.717) is 12.0 Å². The summed E-state index contributed by atoms with van der Waals surface area (Å²) < 4.78 is 10.8. The lowest BCUT2D eigenvalue weighted by molar-refractivity contribution is 0.220. The largest absolute Gasteiger partial charge is 0.496 e. The van der Waals surface area contributed by atoms with Crippen molar-refractivity contribution in [3.8, 4) is 11.5 Å². The standard InChI is InChI=1S/C14H22N2O2/c1-8-4-13(18-3)11(7-12(8)17-2)14(16)9-5-10(15)6-9/h4,7,9-10,14H,5-6,15-16H2,1-3H3. The average Bonchev–Trinajstić information content (AvgIpc) is 2.33. The van der Waals surface area contributed by atoms with Gasteiger partial charge in [-0.25, -0.2) is 0 Å². The van der Waals surface area contributed by atoms with Gasteiger partial charge < -0.3 is 20.9 Å². The lowest BCUT2D eigenvalue weighted by Gasteiger charge is -2.37. The van der Waals surface area contributed by atoms with E-state index >= 15 is 0 Å². The molecule has 1 unspecified atom stereocenters. The quantitative estimate of drug-likeness (QED) is 0.854. The zero-order valence-electron chi connectivity index (χ0n) is 11.3. The molecule has 1 saturated carbocycles. The van der Waals surface area contributed by atoms with Gasteiger partial charge in [0.2, 0.25) is 0 Å². The summed E-state index contributed by atoms with van der Waals surface area (Å²) in [6, 6.07) is 4.24. The Morgan fingerprint density at radius 1 is 1.17 bits per heavy atom. The molecular formula is C14H22N2O2. The van der Waals surface area contributed by atoms with Crippen LogP contribution < -0.4 is 20.9 Å².